The molecule has 5 nitrogen and oxygen atoms in total. The van der Waals surface area contributed by atoms with E-state index in [1.54, 1.807) is 24.6 Å². The second-order valence-corrected chi connectivity index (χ2v) is 4.31. The Labute approximate surface area is 111 Å². The highest BCUT2D eigenvalue weighted by atomic mass is 16.5. The number of pyridine rings is 1. The fourth-order valence-electron chi connectivity index (χ4n) is 2.22. The van der Waals surface area contributed by atoms with Gasteiger partial charge in [0.1, 0.15) is 23.8 Å². The molecule has 96 valence electrons. The Balaban J connectivity index is 1.84. The number of ether oxygens (including phenoxy) is 1. The molecule has 1 saturated heterocycles. The Morgan fingerprint density at radius 1 is 1.37 bits per heavy atom. The Morgan fingerprint density at radius 3 is 3.11 bits per heavy atom. The molecule has 2 aromatic rings. The van der Waals surface area contributed by atoms with Gasteiger partial charge in [0, 0.05) is 12.7 Å². The van der Waals surface area contributed by atoms with Gasteiger partial charge in [-0.2, -0.15) is 5.26 Å². The van der Waals surface area contributed by atoms with E-state index in [0.29, 0.717) is 24.5 Å². The lowest BCUT2D eigenvalue weighted by molar-refractivity contribution is 0.0255. The number of nitrogens with zero attached hydrogens (tertiary/aromatic N) is 3. The van der Waals surface area contributed by atoms with Gasteiger partial charge in [-0.3, -0.25) is 0 Å². The second kappa shape index (κ2) is 5.12. The van der Waals surface area contributed by atoms with E-state index in [2.05, 4.69) is 16.0 Å². The van der Waals surface area contributed by atoms with Crippen molar-refractivity contribution in [1.82, 2.24) is 4.98 Å². The summed E-state index contributed by atoms with van der Waals surface area (Å²) in [4.78, 5) is 6.37. The van der Waals surface area contributed by atoms with Gasteiger partial charge in [-0.15, -0.1) is 0 Å². The molecule has 0 radical (unpaired) electrons. The minimum atomic E-state index is -0.114. The molecule has 0 bridgehead atoms. The summed E-state index contributed by atoms with van der Waals surface area (Å²) >= 11 is 0. The number of hydrogen-bond donors (Lipinski definition) is 0. The molecule has 1 aliphatic heterocycles. The minimum Gasteiger partial charge on any atom is -0.467 e. The van der Waals surface area contributed by atoms with Crippen molar-refractivity contribution in [3.63, 3.8) is 0 Å². The maximum absolute atomic E-state index is 9.13. The zero-order valence-corrected chi connectivity index (χ0v) is 10.3. The maximum Gasteiger partial charge on any atom is 0.146 e. The number of aromatic nitrogens is 1. The standard InChI is InChI=1S/C14H13N3O2/c15-9-11-3-1-5-16-14(11)17-6-8-19-13(10-17)12-4-2-7-18-12/h1-5,7,13H,6,8,10H2. The van der Waals surface area contributed by atoms with Crippen molar-refractivity contribution < 1.29 is 9.15 Å². The van der Waals surface area contributed by atoms with Crippen molar-refractivity contribution in [1.29, 1.82) is 5.26 Å². The molecular weight excluding hydrogens is 242 g/mol. The topological polar surface area (TPSA) is 62.3 Å². The first kappa shape index (κ1) is 11.8. The summed E-state index contributed by atoms with van der Waals surface area (Å²) < 4.78 is 11.1. The van der Waals surface area contributed by atoms with Crippen LogP contribution in [-0.2, 0) is 4.74 Å². The molecule has 3 heterocycles. The third-order valence-electron chi connectivity index (χ3n) is 3.13. The third-order valence-corrected chi connectivity index (χ3v) is 3.13. The molecule has 1 unspecified atom stereocenters. The van der Waals surface area contributed by atoms with E-state index in [4.69, 9.17) is 14.4 Å². The lowest BCUT2D eigenvalue weighted by atomic mass is 10.2. The van der Waals surface area contributed by atoms with Crippen molar-refractivity contribution in [3.05, 3.63) is 48.0 Å². The first-order valence-corrected chi connectivity index (χ1v) is 6.13. The summed E-state index contributed by atoms with van der Waals surface area (Å²) in [6.07, 6.45) is 3.23. The molecule has 1 fully saturated rings. The van der Waals surface area contributed by atoms with Crippen molar-refractivity contribution in [2.45, 2.75) is 6.10 Å². The van der Waals surface area contributed by atoms with Crippen molar-refractivity contribution in [3.8, 4) is 6.07 Å². The van der Waals surface area contributed by atoms with E-state index in [9.17, 15) is 0 Å². The monoisotopic (exact) mass is 255 g/mol. The fraction of sp³-hybridized carbons (Fsp3) is 0.286. The number of nitriles is 1. The van der Waals surface area contributed by atoms with Crippen molar-refractivity contribution in [2.75, 3.05) is 24.6 Å². The van der Waals surface area contributed by atoms with E-state index >= 15 is 0 Å². The second-order valence-electron chi connectivity index (χ2n) is 4.31. The molecule has 0 spiro atoms. The van der Waals surface area contributed by atoms with Gasteiger partial charge in [0.15, 0.2) is 0 Å². The number of rotatable bonds is 2. The summed E-state index contributed by atoms with van der Waals surface area (Å²) in [5.74, 6) is 1.52. The van der Waals surface area contributed by atoms with Gasteiger partial charge in [0.25, 0.3) is 0 Å². The largest absolute Gasteiger partial charge is 0.467 e. The van der Waals surface area contributed by atoms with E-state index in [1.807, 2.05) is 12.1 Å². The van der Waals surface area contributed by atoms with Crippen LogP contribution >= 0.6 is 0 Å². The quantitative estimate of drug-likeness (QED) is 0.822. The van der Waals surface area contributed by atoms with Crippen LogP contribution in [0.25, 0.3) is 0 Å². The molecule has 0 aromatic carbocycles. The molecule has 0 saturated carbocycles. The zero-order chi connectivity index (χ0) is 13.1. The minimum absolute atomic E-state index is 0.114. The lowest BCUT2D eigenvalue weighted by Gasteiger charge is -2.33. The fourth-order valence-corrected chi connectivity index (χ4v) is 2.22. The van der Waals surface area contributed by atoms with E-state index in [1.165, 1.54) is 0 Å². The summed E-state index contributed by atoms with van der Waals surface area (Å²) in [6, 6.07) is 9.47. The van der Waals surface area contributed by atoms with Gasteiger partial charge in [-0.25, -0.2) is 4.98 Å². The van der Waals surface area contributed by atoms with Crippen LogP contribution in [0.2, 0.25) is 0 Å². The molecule has 5 heteroatoms. The molecule has 0 N–H and O–H groups in total. The SMILES string of the molecule is N#Cc1cccnc1N1CCOC(c2ccco2)C1. The molecule has 2 aromatic heterocycles. The van der Waals surface area contributed by atoms with Crippen molar-refractivity contribution in [2.24, 2.45) is 0 Å². The van der Waals surface area contributed by atoms with Gasteiger partial charge >= 0.3 is 0 Å². The van der Waals surface area contributed by atoms with Crippen LogP contribution < -0.4 is 4.90 Å². The highest BCUT2D eigenvalue weighted by Gasteiger charge is 2.25. The summed E-state index contributed by atoms with van der Waals surface area (Å²) in [5, 5.41) is 9.13. The predicted octanol–water partition coefficient (Wildman–Crippen LogP) is 2.12. The summed E-state index contributed by atoms with van der Waals surface area (Å²) in [5.41, 5.74) is 0.586. The molecule has 1 aliphatic rings. The summed E-state index contributed by atoms with van der Waals surface area (Å²) in [7, 11) is 0. The van der Waals surface area contributed by atoms with E-state index in [-0.39, 0.29) is 6.10 Å². The molecule has 0 amide bonds. The Kier molecular flexibility index (Phi) is 3.17. The van der Waals surface area contributed by atoms with Crippen LogP contribution in [0.3, 0.4) is 0 Å². The Morgan fingerprint density at radius 2 is 2.32 bits per heavy atom. The normalized spacial score (nSPS) is 19.1. The summed E-state index contributed by atoms with van der Waals surface area (Å²) in [6.45, 7) is 1.95. The van der Waals surface area contributed by atoms with Crippen molar-refractivity contribution >= 4 is 5.82 Å². The number of morpholine rings is 1. The van der Waals surface area contributed by atoms with Gasteiger partial charge < -0.3 is 14.1 Å². The van der Waals surface area contributed by atoms with Crippen LogP contribution in [0.5, 0.6) is 0 Å². The Hall–Kier alpha value is -2.32. The van der Waals surface area contributed by atoms with Gasteiger partial charge in [-0.05, 0) is 24.3 Å². The molecular formula is C14H13N3O2. The van der Waals surface area contributed by atoms with Crippen LogP contribution in [0.1, 0.15) is 17.4 Å². The predicted molar refractivity (Wildman–Crippen MR) is 68.6 cm³/mol. The third kappa shape index (κ3) is 2.30. The van der Waals surface area contributed by atoms with Gasteiger partial charge in [0.2, 0.25) is 0 Å². The molecule has 19 heavy (non-hydrogen) atoms. The molecule has 3 rings (SSSR count). The molecule has 1 atom stereocenters. The van der Waals surface area contributed by atoms with E-state index in [0.717, 1.165) is 12.3 Å². The lowest BCUT2D eigenvalue weighted by Crippen LogP contribution is -2.39. The van der Waals surface area contributed by atoms with Gasteiger partial charge in [-0.1, -0.05) is 0 Å². The van der Waals surface area contributed by atoms with Gasteiger partial charge in [0.05, 0.1) is 25.0 Å². The van der Waals surface area contributed by atoms with Crippen LogP contribution in [0.15, 0.2) is 41.1 Å². The first-order valence-electron chi connectivity index (χ1n) is 6.13. The molecule has 0 aliphatic carbocycles. The Bertz CT molecular complexity index is 589. The number of hydrogen-bond acceptors (Lipinski definition) is 5. The highest BCUT2D eigenvalue weighted by molar-refractivity contribution is 5.53. The van der Waals surface area contributed by atoms with Crippen LogP contribution in [0.4, 0.5) is 5.82 Å². The number of furan rings is 1. The maximum atomic E-state index is 9.13. The van der Waals surface area contributed by atoms with Crippen LogP contribution in [-0.4, -0.2) is 24.7 Å². The average molecular weight is 255 g/mol. The van der Waals surface area contributed by atoms with Crippen LogP contribution in [0, 0.1) is 11.3 Å². The van der Waals surface area contributed by atoms with E-state index < -0.39 is 0 Å². The smallest absolute Gasteiger partial charge is 0.146 e. The average Bonchev–Trinajstić information content (AvgIpc) is 3.01. The first-order chi connectivity index (χ1) is 9.38. The number of anilines is 1. The highest BCUT2D eigenvalue weighted by Crippen LogP contribution is 2.26. The zero-order valence-electron chi connectivity index (χ0n) is 10.3.